The standard InChI is InChI=1S/C22H36O3/c1-3-5-6-12-15-18-21(23)19-16-13-10-8-7-9-11-14-17-20-22(24)25-4-2/h8-11,15-16,18-19,21,23H,3-7,12-14,17,20H2,1-2H3/b10-8-,11-9-,18-15-,19-16-/t21-/m0/s1. The molecule has 0 rings (SSSR count). The van der Waals surface area contributed by atoms with E-state index in [1.54, 1.807) is 0 Å². The van der Waals surface area contributed by atoms with Gasteiger partial charge in [0.15, 0.2) is 0 Å². The molecule has 0 aromatic carbocycles. The molecule has 1 atom stereocenters. The zero-order valence-corrected chi connectivity index (χ0v) is 16.0. The lowest BCUT2D eigenvalue weighted by Gasteiger charge is -1.98. The Bertz CT molecular complexity index is 419. The van der Waals surface area contributed by atoms with E-state index in [1.807, 2.05) is 25.2 Å². The van der Waals surface area contributed by atoms with Crippen molar-refractivity contribution in [3.05, 3.63) is 48.6 Å². The summed E-state index contributed by atoms with van der Waals surface area (Å²) >= 11 is 0. The van der Waals surface area contributed by atoms with Gasteiger partial charge in [-0.05, 0) is 45.4 Å². The van der Waals surface area contributed by atoms with Crippen LogP contribution >= 0.6 is 0 Å². The number of hydrogen-bond donors (Lipinski definition) is 1. The first-order chi connectivity index (χ1) is 12.2. The molecule has 1 N–H and O–H groups in total. The zero-order chi connectivity index (χ0) is 18.6. The highest BCUT2D eigenvalue weighted by Crippen LogP contribution is 2.02. The van der Waals surface area contributed by atoms with Gasteiger partial charge in [0.2, 0.25) is 0 Å². The van der Waals surface area contributed by atoms with Gasteiger partial charge in [-0.25, -0.2) is 0 Å². The van der Waals surface area contributed by atoms with E-state index in [0.717, 1.165) is 32.1 Å². The number of esters is 1. The molecule has 0 aliphatic rings. The van der Waals surface area contributed by atoms with E-state index in [2.05, 4.69) is 37.3 Å². The lowest BCUT2D eigenvalue weighted by atomic mass is 10.2. The maximum Gasteiger partial charge on any atom is 0.305 e. The van der Waals surface area contributed by atoms with E-state index in [1.165, 1.54) is 19.3 Å². The fourth-order valence-corrected chi connectivity index (χ4v) is 2.19. The van der Waals surface area contributed by atoms with Crippen LogP contribution < -0.4 is 0 Å². The van der Waals surface area contributed by atoms with E-state index in [-0.39, 0.29) is 5.97 Å². The third-order valence-corrected chi connectivity index (χ3v) is 3.58. The van der Waals surface area contributed by atoms with Gasteiger partial charge in [0.05, 0.1) is 12.7 Å². The monoisotopic (exact) mass is 348 g/mol. The summed E-state index contributed by atoms with van der Waals surface area (Å²) in [7, 11) is 0. The Morgan fingerprint density at radius 1 is 0.880 bits per heavy atom. The Hall–Kier alpha value is -1.61. The highest BCUT2D eigenvalue weighted by atomic mass is 16.5. The van der Waals surface area contributed by atoms with E-state index in [9.17, 15) is 9.90 Å². The predicted octanol–water partition coefficient (Wildman–Crippen LogP) is 5.67. The smallest absolute Gasteiger partial charge is 0.305 e. The second-order valence-electron chi connectivity index (χ2n) is 5.95. The minimum atomic E-state index is -0.477. The quantitative estimate of drug-likeness (QED) is 0.236. The molecular weight excluding hydrogens is 312 g/mol. The van der Waals surface area contributed by atoms with Crippen LogP contribution in [-0.4, -0.2) is 23.8 Å². The summed E-state index contributed by atoms with van der Waals surface area (Å²) in [4.78, 5) is 11.1. The summed E-state index contributed by atoms with van der Waals surface area (Å²) in [5, 5.41) is 9.76. The van der Waals surface area contributed by atoms with Crippen molar-refractivity contribution in [1.82, 2.24) is 0 Å². The molecule has 0 spiro atoms. The number of aliphatic hydroxyl groups excluding tert-OH is 1. The van der Waals surface area contributed by atoms with E-state index < -0.39 is 6.10 Å². The van der Waals surface area contributed by atoms with Crippen molar-refractivity contribution in [3.63, 3.8) is 0 Å². The molecule has 0 aliphatic carbocycles. The van der Waals surface area contributed by atoms with Crippen molar-refractivity contribution in [2.24, 2.45) is 0 Å². The third kappa shape index (κ3) is 18.6. The first-order valence-electron chi connectivity index (χ1n) is 9.67. The van der Waals surface area contributed by atoms with Gasteiger partial charge < -0.3 is 9.84 Å². The number of unbranched alkanes of at least 4 members (excludes halogenated alkanes) is 4. The number of carbonyl (C=O) groups is 1. The largest absolute Gasteiger partial charge is 0.466 e. The average molecular weight is 349 g/mol. The van der Waals surface area contributed by atoms with E-state index >= 15 is 0 Å². The van der Waals surface area contributed by atoms with Crippen LogP contribution in [0.25, 0.3) is 0 Å². The summed E-state index contributed by atoms with van der Waals surface area (Å²) in [6.07, 6.45) is 24.4. The van der Waals surface area contributed by atoms with Gasteiger partial charge in [-0.3, -0.25) is 4.79 Å². The van der Waals surface area contributed by atoms with Gasteiger partial charge in [0.25, 0.3) is 0 Å². The summed E-state index contributed by atoms with van der Waals surface area (Å²) in [6, 6.07) is 0. The van der Waals surface area contributed by atoms with Crippen LogP contribution in [0.5, 0.6) is 0 Å². The van der Waals surface area contributed by atoms with Gasteiger partial charge in [-0.15, -0.1) is 0 Å². The summed E-state index contributed by atoms with van der Waals surface area (Å²) in [5.41, 5.74) is 0. The Balaban J connectivity index is 3.61. The lowest BCUT2D eigenvalue weighted by molar-refractivity contribution is -0.143. The molecule has 0 radical (unpaired) electrons. The van der Waals surface area contributed by atoms with Crippen molar-refractivity contribution in [2.75, 3.05) is 6.61 Å². The zero-order valence-electron chi connectivity index (χ0n) is 16.0. The van der Waals surface area contributed by atoms with Gasteiger partial charge in [0, 0.05) is 6.42 Å². The van der Waals surface area contributed by atoms with Gasteiger partial charge >= 0.3 is 5.97 Å². The molecule has 25 heavy (non-hydrogen) atoms. The van der Waals surface area contributed by atoms with Crippen LogP contribution in [0.2, 0.25) is 0 Å². The minimum Gasteiger partial charge on any atom is -0.466 e. The van der Waals surface area contributed by atoms with Crippen molar-refractivity contribution < 1.29 is 14.6 Å². The normalized spacial score (nSPS) is 13.6. The molecule has 0 amide bonds. The van der Waals surface area contributed by atoms with Crippen molar-refractivity contribution in [2.45, 2.75) is 77.7 Å². The molecule has 0 unspecified atom stereocenters. The summed E-state index contributed by atoms with van der Waals surface area (Å²) in [5.74, 6) is -0.111. The average Bonchev–Trinajstić information content (AvgIpc) is 2.59. The topological polar surface area (TPSA) is 46.5 Å². The fraction of sp³-hybridized carbons (Fsp3) is 0.591. The highest BCUT2D eigenvalue weighted by molar-refractivity contribution is 5.69. The Morgan fingerprint density at radius 2 is 1.52 bits per heavy atom. The third-order valence-electron chi connectivity index (χ3n) is 3.58. The molecule has 3 heteroatoms. The van der Waals surface area contributed by atoms with Crippen LogP contribution in [0.3, 0.4) is 0 Å². The maximum absolute atomic E-state index is 11.1. The number of ether oxygens (including phenoxy) is 1. The first-order valence-corrected chi connectivity index (χ1v) is 9.67. The van der Waals surface area contributed by atoms with Crippen LogP contribution in [0.15, 0.2) is 48.6 Å². The number of hydrogen-bond acceptors (Lipinski definition) is 3. The Morgan fingerprint density at radius 3 is 2.24 bits per heavy atom. The van der Waals surface area contributed by atoms with Crippen LogP contribution in [0.4, 0.5) is 0 Å². The molecule has 0 saturated carbocycles. The summed E-state index contributed by atoms with van der Waals surface area (Å²) in [6.45, 7) is 4.47. The van der Waals surface area contributed by atoms with Gasteiger partial charge in [-0.2, -0.15) is 0 Å². The van der Waals surface area contributed by atoms with Gasteiger partial charge in [-0.1, -0.05) is 68.4 Å². The molecule has 0 aliphatic heterocycles. The molecule has 0 heterocycles. The number of aliphatic hydroxyl groups is 1. The highest BCUT2D eigenvalue weighted by Gasteiger charge is 1.98. The molecule has 0 aromatic heterocycles. The van der Waals surface area contributed by atoms with Gasteiger partial charge in [0.1, 0.15) is 0 Å². The molecule has 0 aromatic rings. The first kappa shape index (κ1) is 23.4. The number of rotatable bonds is 15. The van der Waals surface area contributed by atoms with Crippen molar-refractivity contribution in [1.29, 1.82) is 0 Å². The number of carbonyl (C=O) groups excluding carboxylic acids is 1. The molecule has 0 saturated heterocycles. The van der Waals surface area contributed by atoms with E-state index in [0.29, 0.717) is 13.0 Å². The van der Waals surface area contributed by atoms with Crippen LogP contribution in [0, 0.1) is 0 Å². The maximum atomic E-state index is 11.1. The van der Waals surface area contributed by atoms with Crippen molar-refractivity contribution >= 4 is 5.97 Å². The minimum absolute atomic E-state index is 0.111. The second-order valence-corrected chi connectivity index (χ2v) is 5.95. The Kier molecular flexibility index (Phi) is 17.5. The second kappa shape index (κ2) is 18.7. The molecule has 0 fully saturated rings. The number of allylic oxidation sites excluding steroid dienone is 6. The van der Waals surface area contributed by atoms with Crippen LogP contribution in [0.1, 0.15) is 71.6 Å². The fourth-order valence-electron chi connectivity index (χ4n) is 2.19. The summed E-state index contributed by atoms with van der Waals surface area (Å²) < 4.78 is 4.88. The van der Waals surface area contributed by atoms with Crippen LogP contribution in [-0.2, 0) is 9.53 Å². The molecule has 0 bridgehead atoms. The predicted molar refractivity (Wildman–Crippen MR) is 106 cm³/mol. The molecular formula is C22H36O3. The van der Waals surface area contributed by atoms with Crippen molar-refractivity contribution in [3.8, 4) is 0 Å². The molecule has 142 valence electrons. The Labute approximate surface area is 154 Å². The van der Waals surface area contributed by atoms with E-state index in [4.69, 9.17) is 4.74 Å². The molecule has 3 nitrogen and oxygen atoms in total. The SMILES string of the molecule is CCCCC/C=C\[C@H](O)/C=C\C/C=C\C/C=C\CCCC(=O)OCC. The lowest BCUT2D eigenvalue weighted by Crippen LogP contribution is -2.02.